The minimum atomic E-state index is -0.260. The number of nitrogens with one attached hydrogen (secondary N) is 1. The Labute approximate surface area is 127 Å². The van der Waals surface area contributed by atoms with E-state index in [1.54, 1.807) is 12.1 Å². The van der Waals surface area contributed by atoms with Crippen LogP contribution in [0.5, 0.6) is 5.75 Å². The monoisotopic (exact) mass is 383 g/mol. The van der Waals surface area contributed by atoms with Gasteiger partial charge in [0, 0.05) is 15.7 Å². The number of halogens is 2. The summed E-state index contributed by atoms with van der Waals surface area (Å²) in [5.74, 6) is -0.220. The second-order valence-electron chi connectivity index (χ2n) is 4.03. The predicted octanol–water partition coefficient (Wildman–Crippen LogP) is 4.48. The Bertz CT molecular complexity index is 641. The van der Waals surface area contributed by atoms with Crippen LogP contribution in [0.25, 0.3) is 0 Å². The number of carbonyl (C=O) groups is 1. The lowest BCUT2D eigenvalue weighted by atomic mass is 10.1. The van der Waals surface area contributed by atoms with Crippen LogP contribution in [-0.4, -0.2) is 11.0 Å². The number of carbonyl (C=O) groups excluding carboxylic acids is 1. The van der Waals surface area contributed by atoms with Gasteiger partial charge in [-0.15, -0.1) is 0 Å². The zero-order valence-electron chi connectivity index (χ0n) is 10.1. The Hall–Kier alpha value is -1.33. The van der Waals surface area contributed by atoms with Gasteiger partial charge in [-0.1, -0.05) is 22.0 Å². The molecule has 0 fully saturated rings. The van der Waals surface area contributed by atoms with Crippen LogP contribution in [0.2, 0.25) is 0 Å². The lowest BCUT2D eigenvalue weighted by Crippen LogP contribution is -2.12. The van der Waals surface area contributed by atoms with Crippen LogP contribution in [-0.2, 0) is 0 Å². The van der Waals surface area contributed by atoms with Gasteiger partial charge in [0.05, 0.1) is 4.47 Å². The summed E-state index contributed by atoms with van der Waals surface area (Å²) in [5, 5.41) is 12.4. The second-order valence-corrected chi connectivity index (χ2v) is 5.74. The summed E-state index contributed by atoms with van der Waals surface area (Å²) in [6.45, 7) is 1.92. The molecular formula is C14H11Br2NO2. The van der Waals surface area contributed by atoms with Crippen LogP contribution in [0.3, 0.4) is 0 Å². The van der Waals surface area contributed by atoms with Gasteiger partial charge in [-0.25, -0.2) is 0 Å². The molecule has 0 spiro atoms. The summed E-state index contributed by atoms with van der Waals surface area (Å²) in [6, 6.07) is 10.3. The Morgan fingerprint density at radius 3 is 2.58 bits per heavy atom. The molecule has 2 aromatic carbocycles. The maximum Gasteiger partial charge on any atom is 0.255 e. The van der Waals surface area contributed by atoms with Crippen molar-refractivity contribution in [1.82, 2.24) is 0 Å². The average Bonchev–Trinajstić information content (AvgIpc) is 2.38. The van der Waals surface area contributed by atoms with Crippen LogP contribution in [0.4, 0.5) is 5.69 Å². The van der Waals surface area contributed by atoms with Crippen molar-refractivity contribution >= 4 is 43.5 Å². The third kappa shape index (κ3) is 3.16. The fourth-order valence-electron chi connectivity index (χ4n) is 1.59. The van der Waals surface area contributed by atoms with E-state index in [2.05, 4.69) is 37.2 Å². The van der Waals surface area contributed by atoms with Crippen molar-refractivity contribution in [1.29, 1.82) is 0 Å². The van der Waals surface area contributed by atoms with E-state index in [0.717, 1.165) is 15.7 Å². The predicted molar refractivity (Wildman–Crippen MR) is 82.6 cm³/mol. The molecule has 5 heteroatoms. The van der Waals surface area contributed by atoms with Gasteiger partial charge in [-0.2, -0.15) is 0 Å². The first-order valence-corrected chi connectivity index (χ1v) is 7.12. The minimum absolute atomic E-state index is 0.0404. The number of anilines is 1. The molecule has 2 aromatic rings. The van der Waals surface area contributed by atoms with Crippen molar-refractivity contribution in [3.63, 3.8) is 0 Å². The number of aromatic hydroxyl groups is 1. The molecule has 0 aromatic heterocycles. The van der Waals surface area contributed by atoms with Crippen molar-refractivity contribution in [2.45, 2.75) is 6.92 Å². The summed E-state index contributed by atoms with van der Waals surface area (Å²) in [6.07, 6.45) is 0. The summed E-state index contributed by atoms with van der Waals surface area (Å²) >= 11 is 6.59. The smallest absolute Gasteiger partial charge is 0.255 e. The Morgan fingerprint density at radius 2 is 1.89 bits per heavy atom. The van der Waals surface area contributed by atoms with Gasteiger partial charge < -0.3 is 10.4 Å². The number of hydrogen-bond acceptors (Lipinski definition) is 2. The first-order chi connectivity index (χ1) is 8.99. The molecule has 0 saturated carbocycles. The van der Waals surface area contributed by atoms with Crippen LogP contribution in [0.15, 0.2) is 45.3 Å². The highest BCUT2D eigenvalue weighted by atomic mass is 79.9. The standard InChI is InChI=1S/C14H11Br2NO2/c1-8-10(15)3-2-4-12(8)17-14(19)9-5-6-11(16)13(18)7-9/h2-7,18H,1H3,(H,17,19). The zero-order chi connectivity index (χ0) is 14.0. The fourth-order valence-corrected chi connectivity index (χ4v) is 2.20. The van der Waals surface area contributed by atoms with E-state index in [1.807, 2.05) is 25.1 Å². The lowest BCUT2D eigenvalue weighted by molar-refractivity contribution is 0.102. The van der Waals surface area contributed by atoms with Gasteiger partial charge >= 0.3 is 0 Å². The molecule has 3 nitrogen and oxygen atoms in total. The molecule has 0 aliphatic carbocycles. The Kier molecular flexibility index (Phi) is 4.27. The average molecular weight is 385 g/mol. The summed E-state index contributed by atoms with van der Waals surface area (Å²) in [4.78, 5) is 12.1. The SMILES string of the molecule is Cc1c(Br)cccc1NC(=O)c1ccc(Br)c(O)c1. The van der Waals surface area contributed by atoms with Crippen LogP contribution < -0.4 is 5.32 Å². The molecule has 0 heterocycles. The normalized spacial score (nSPS) is 10.3. The maximum atomic E-state index is 12.1. The molecule has 0 aliphatic rings. The first-order valence-electron chi connectivity index (χ1n) is 5.54. The highest BCUT2D eigenvalue weighted by Crippen LogP contribution is 2.26. The van der Waals surface area contributed by atoms with Gasteiger partial charge in [0.2, 0.25) is 0 Å². The number of amides is 1. The van der Waals surface area contributed by atoms with Crippen molar-refractivity contribution in [3.05, 3.63) is 56.5 Å². The van der Waals surface area contributed by atoms with E-state index in [-0.39, 0.29) is 11.7 Å². The van der Waals surface area contributed by atoms with Gasteiger partial charge in [0.15, 0.2) is 0 Å². The molecule has 1 amide bonds. The van der Waals surface area contributed by atoms with E-state index in [9.17, 15) is 9.90 Å². The molecule has 0 radical (unpaired) electrons. The highest BCUT2D eigenvalue weighted by molar-refractivity contribution is 9.10. The lowest BCUT2D eigenvalue weighted by Gasteiger charge is -2.10. The van der Waals surface area contributed by atoms with Gasteiger partial charge in [0.1, 0.15) is 5.75 Å². The van der Waals surface area contributed by atoms with Crippen LogP contribution in [0.1, 0.15) is 15.9 Å². The topological polar surface area (TPSA) is 49.3 Å². The molecular weight excluding hydrogens is 374 g/mol. The molecule has 0 aliphatic heterocycles. The number of phenols is 1. The number of benzene rings is 2. The number of hydrogen-bond donors (Lipinski definition) is 2. The van der Waals surface area contributed by atoms with E-state index in [0.29, 0.717) is 10.0 Å². The molecule has 2 N–H and O–H groups in total. The fraction of sp³-hybridized carbons (Fsp3) is 0.0714. The molecule has 2 rings (SSSR count). The third-order valence-corrected chi connectivity index (χ3v) is 4.25. The quantitative estimate of drug-likeness (QED) is 0.801. The van der Waals surface area contributed by atoms with Gasteiger partial charge in [-0.05, 0) is 58.7 Å². The summed E-state index contributed by atoms with van der Waals surface area (Å²) in [7, 11) is 0. The van der Waals surface area contributed by atoms with E-state index >= 15 is 0 Å². The highest BCUT2D eigenvalue weighted by Gasteiger charge is 2.10. The van der Waals surface area contributed by atoms with Gasteiger partial charge in [-0.3, -0.25) is 4.79 Å². The third-order valence-electron chi connectivity index (χ3n) is 2.72. The van der Waals surface area contributed by atoms with Crippen molar-refractivity contribution < 1.29 is 9.90 Å². The molecule has 98 valence electrons. The van der Waals surface area contributed by atoms with Crippen molar-refractivity contribution in [3.8, 4) is 5.75 Å². The largest absolute Gasteiger partial charge is 0.507 e. The van der Waals surface area contributed by atoms with E-state index in [4.69, 9.17) is 0 Å². The zero-order valence-corrected chi connectivity index (χ0v) is 13.2. The Balaban J connectivity index is 2.26. The second kappa shape index (κ2) is 5.75. The van der Waals surface area contributed by atoms with E-state index < -0.39 is 0 Å². The summed E-state index contributed by atoms with van der Waals surface area (Å²) < 4.78 is 1.49. The van der Waals surface area contributed by atoms with Crippen molar-refractivity contribution in [2.75, 3.05) is 5.32 Å². The van der Waals surface area contributed by atoms with Crippen LogP contribution >= 0.6 is 31.9 Å². The van der Waals surface area contributed by atoms with Gasteiger partial charge in [0.25, 0.3) is 5.91 Å². The summed E-state index contributed by atoms with van der Waals surface area (Å²) in [5.41, 5.74) is 2.10. The van der Waals surface area contributed by atoms with Crippen molar-refractivity contribution in [2.24, 2.45) is 0 Å². The molecule has 0 saturated heterocycles. The molecule has 0 unspecified atom stereocenters. The minimum Gasteiger partial charge on any atom is -0.507 e. The van der Waals surface area contributed by atoms with E-state index in [1.165, 1.54) is 6.07 Å². The maximum absolute atomic E-state index is 12.1. The first kappa shape index (κ1) is 14.1. The molecule has 0 atom stereocenters. The molecule has 19 heavy (non-hydrogen) atoms. The van der Waals surface area contributed by atoms with Crippen LogP contribution in [0, 0.1) is 6.92 Å². The Morgan fingerprint density at radius 1 is 1.16 bits per heavy atom. The number of phenolic OH excluding ortho intramolecular Hbond substituents is 1. The molecule has 0 bridgehead atoms. The number of rotatable bonds is 2.